The van der Waals surface area contributed by atoms with Gasteiger partial charge in [0.2, 0.25) is 0 Å². The SMILES string of the molecule is Cc1ccc(N)c(SCc2nc3ccccc3[nH]2)c1. The standard InChI is InChI=1S/C15H15N3S/c1-10-6-7-11(16)14(8-10)19-9-15-17-12-4-2-3-5-13(12)18-15/h2-8H,9,16H2,1H3,(H,17,18). The molecule has 0 aliphatic rings. The lowest BCUT2D eigenvalue weighted by molar-refractivity contribution is 1.14. The summed E-state index contributed by atoms with van der Waals surface area (Å²) >= 11 is 1.71. The predicted molar refractivity (Wildman–Crippen MR) is 81.2 cm³/mol. The van der Waals surface area contributed by atoms with E-state index in [1.165, 1.54) is 5.56 Å². The second kappa shape index (κ2) is 4.97. The molecule has 3 aromatic rings. The van der Waals surface area contributed by atoms with Crippen molar-refractivity contribution >= 4 is 28.5 Å². The minimum atomic E-state index is 0.794. The first-order valence-corrected chi connectivity index (χ1v) is 7.13. The van der Waals surface area contributed by atoms with Crippen LogP contribution < -0.4 is 5.73 Å². The van der Waals surface area contributed by atoms with E-state index >= 15 is 0 Å². The van der Waals surface area contributed by atoms with Gasteiger partial charge in [0.1, 0.15) is 5.82 Å². The normalized spacial score (nSPS) is 11.0. The van der Waals surface area contributed by atoms with E-state index in [9.17, 15) is 0 Å². The lowest BCUT2D eigenvalue weighted by Gasteiger charge is -2.05. The molecule has 0 bridgehead atoms. The summed E-state index contributed by atoms with van der Waals surface area (Å²) in [7, 11) is 0. The second-order valence-electron chi connectivity index (χ2n) is 4.53. The first kappa shape index (κ1) is 12.1. The lowest BCUT2D eigenvalue weighted by atomic mass is 10.2. The predicted octanol–water partition coefficient (Wildman–Crippen LogP) is 3.75. The molecule has 1 heterocycles. The summed E-state index contributed by atoms with van der Waals surface area (Å²) in [4.78, 5) is 9.00. The maximum atomic E-state index is 5.98. The number of hydrogen-bond acceptors (Lipinski definition) is 3. The largest absolute Gasteiger partial charge is 0.398 e. The molecule has 0 spiro atoms. The number of aromatic amines is 1. The van der Waals surface area contributed by atoms with E-state index in [1.807, 2.05) is 36.4 Å². The van der Waals surface area contributed by atoms with Crippen molar-refractivity contribution in [1.82, 2.24) is 9.97 Å². The molecule has 0 saturated carbocycles. The van der Waals surface area contributed by atoms with Crippen molar-refractivity contribution in [2.45, 2.75) is 17.6 Å². The highest BCUT2D eigenvalue weighted by atomic mass is 32.2. The van der Waals surface area contributed by atoms with E-state index in [4.69, 9.17) is 5.73 Å². The topological polar surface area (TPSA) is 54.7 Å². The van der Waals surface area contributed by atoms with E-state index in [1.54, 1.807) is 11.8 Å². The van der Waals surface area contributed by atoms with Crippen molar-refractivity contribution < 1.29 is 0 Å². The van der Waals surface area contributed by atoms with E-state index < -0.39 is 0 Å². The minimum absolute atomic E-state index is 0.794. The Morgan fingerprint density at radius 3 is 2.89 bits per heavy atom. The summed E-state index contributed by atoms with van der Waals surface area (Å²) in [6.07, 6.45) is 0. The van der Waals surface area contributed by atoms with Gasteiger partial charge in [0, 0.05) is 10.6 Å². The fourth-order valence-electron chi connectivity index (χ4n) is 1.99. The third kappa shape index (κ3) is 2.58. The molecule has 1 aromatic heterocycles. The number of anilines is 1. The quantitative estimate of drug-likeness (QED) is 0.562. The zero-order valence-corrected chi connectivity index (χ0v) is 11.5. The van der Waals surface area contributed by atoms with Gasteiger partial charge in [-0.2, -0.15) is 0 Å². The smallest absolute Gasteiger partial charge is 0.117 e. The molecule has 19 heavy (non-hydrogen) atoms. The van der Waals surface area contributed by atoms with Gasteiger partial charge in [-0.1, -0.05) is 18.2 Å². The summed E-state index contributed by atoms with van der Waals surface area (Å²) in [5.74, 6) is 1.77. The highest BCUT2D eigenvalue weighted by Gasteiger charge is 2.05. The fraction of sp³-hybridized carbons (Fsp3) is 0.133. The van der Waals surface area contributed by atoms with Crippen LogP contribution in [-0.4, -0.2) is 9.97 Å². The number of rotatable bonds is 3. The number of nitrogens with zero attached hydrogens (tertiary/aromatic N) is 1. The van der Waals surface area contributed by atoms with Gasteiger partial charge in [-0.15, -0.1) is 11.8 Å². The molecule has 0 aliphatic heterocycles. The third-order valence-electron chi connectivity index (χ3n) is 2.97. The van der Waals surface area contributed by atoms with Crippen LogP contribution in [0, 0.1) is 6.92 Å². The number of aromatic nitrogens is 2. The molecule has 0 amide bonds. The Balaban J connectivity index is 1.80. The van der Waals surface area contributed by atoms with Crippen LogP contribution in [0.25, 0.3) is 11.0 Å². The number of nitrogens with two attached hydrogens (primary N) is 1. The van der Waals surface area contributed by atoms with Crippen LogP contribution >= 0.6 is 11.8 Å². The average molecular weight is 269 g/mol. The molecule has 0 fully saturated rings. The number of thioether (sulfide) groups is 1. The maximum Gasteiger partial charge on any atom is 0.117 e. The van der Waals surface area contributed by atoms with Gasteiger partial charge < -0.3 is 10.7 Å². The van der Waals surface area contributed by atoms with Crippen molar-refractivity contribution in [3.63, 3.8) is 0 Å². The van der Waals surface area contributed by atoms with Gasteiger partial charge in [0.15, 0.2) is 0 Å². The number of hydrogen-bond donors (Lipinski definition) is 2. The van der Waals surface area contributed by atoms with Crippen LogP contribution in [0.5, 0.6) is 0 Å². The minimum Gasteiger partial charge on any atom is -0.398 e. The molecule has 0 radical (unpaired) electrons. The lowest BCUT2D eigenvalue weighted by Crippen LogP contribution is -1.90. The molecule has 3 rings (SSSR count). The molecular formula is C15H15N3S. The Morgan fingerprint density at radius 1 is 1.21 bits per heavy atom. The number of benzene rings is 2. The number of aryl methyl sites for hydroxylation is 1. The van der Waals surface area contributed by atoms with Gasteiger partial charge in [-0.25, -0.2) is 4.98 Å². The van der Waals surface area contributed by atoms with Crippen LogP contribution in [0.4, 0.5) is 5.69 Å². The maximum absolute atomic E-state index is 5.98. The number of imidazole rings is 1. The van der Waals surface area contributed by atoms with Gasteiger partial charge in [0.25, 0.3) is 0 Å². The van der Waals surface area contributed by atoms with Crippen molar-refractivity contribution in [2.75, 3.05) is 5.73 Å². The Kier molecular flexibility index (Phi) is 3.17. The van der Waals surface area contributed by atoms with Crippen molar-refractivity contribution in [3.8, 4) is 0 Å². The number of nitrogen functional groups attached to an aromatic ring is 1. The van der Waals surface area contributed by atoms with E-state index in [0.717, 1.165) is 33.2 Å². The molecular weight excluding hydrogens is 254 g/mol. The highest BCUT2D eigenvalue weighted by Crippen LogP contribution is 2.28. The molecule has 2 aromatic carbocycles. The van der Waals surface area contributed by atoms with Crippen molar-refractivity contribution in [2.24, 2.45) is 0 Å². The Morgan fingerprint density at radius 2 is 2.05 bits per heavy atom. The summed E-state index contributed by atoms with van der Waals surface area (Å²) in [5, 5.41) is 0. The van der Waals surface area contributed by atoms with Crippen LogP contribution in [0.2, 0.25) is 0 Å². The summed E-state index contributed by atoms with van der Waals surface area (Å²) in [6, 6.07) is 14.2. The second-order valence-corrected chi connectivity index (χ2v) is 5.55. The third-order valence-corrected chi connectivity index (χ3v) is 4.05. The zero-order chi connectivity index (χ0) is 13.2. The zero-order valence-electron chi connectivity index (χ0n) is 10.7. The molecule has 96 valence electrons. The van der Waals surface area contributed by atoms with Gasteiger partial charge in [-0.05, 0) is 36.8 Å². The molecule has 0 aliphatic carbocycles. The van der Waals surface area contributed by atoms with Crippen LogP contribution in [0.15, 0.2) is 47.4 Å². The first-order chi connectivity index (χ1) is 9.22. The Hall–Kier alpha value is -1.94. The molecule has 0 saturated heterocycles. The summed E-state index contributed by atoms with van der Waals surface area (Å²) < 4.78 is 0. The van der Waals surface area contributed by atoms with Gasteiger partial charge in [-0.3, -0.25) is 0 Å². The number of H-pyrrole nitrogens is 1. The van der Waals surface area contributed by atoms with Crippen LogP contribution in [0.1, 0.15) is 11.4 Å². The molecule has 4 heteroatoms. The molecule has 3 N–H and O–H groups in total. The first-order valence-electron chi connectivity index (χ1n) is 6.15. The summed E-state index contributed by atoms with van der Waals surface area (Å²) in [5.41, 5.74) is 10.1. The molecule has 0 unspecified atom stereocenters. The summed E-state index contributed by atoms with van der Waals surface area (Å²) in [6.45, 7) is 2.07. The van der Waals surface area contributed by atoms with E-state index in [2.05, 4.69) is 23.0 Å². The van der Waals surface area contributed by atoms with E-state index in [0.29, 0.717) is 0 Å². The number of fused-ring (bicyclic) bond motifs is 1. The van der Waals surface area contributed by atoms with E-state index in [-0.39, 0.29) is 0 Å². The molecule has 0 atom stereocenters. The van der Waals surface area contributed by atoms with Gasteiger partial charge >= 0.3 is 0 Å². The van der Waals surface area contributed by atoms with Crippen molar-refractivity contribution in [3.05, 3.63) is 53.9 Å². The van der Waals surface area contributed by atoms with Crippen LogP contribution in [0.3, 0.4) is 0 Å². The Bertz CT molecular complexity index is 685. The van der Waals surface area contributed by atoms with Crippen LogP contribution in [-0.2, 0) is 5.75 Å². The number of para-hydroxylation sites is 2. The highest BCUT2D eigenvalue weighted by molar-refractivity contribution is 7.98. The monoisotopic (exact) mass is 269 g/mol. The van der Waals surface area contributed by atoms with Gasteiger partial charge in [0.05, 0.1) is 16.8 Å². The van der Waals surface area contributed by atoms with Crippen molar-refractivity contribution in [1.29, 1.82) is 0 Å². The average Bonchev–Trinajstić information content (AvgIpc) is 2.82. The number of nitrogens with one attached hydrogen (secondary N) is 1. The fourth-order valence-corrected chi connectivity index (χ4v) is 2.92. The Labute approximate surface area is 116 Å². The molecule has 3 nitrogen and oxygen atoms in total.